The Morgan fingerprint density at radius 1 is 1.29 bits per heavy atom. The lowest BCUT2D eigenvalue weighted by Crippen LogP contribution is -2.50. The second kappa shape index (κ2) is 7.94. The molecule has 0 N–H and O–H groups in total. The third-order valence-corrected chi connectivity index (χ3v) is 4.87. The van der Waals surface area contributed by atoms with Gasteiger partial charge in [-0.3, -0.25) is 4.79 Å². The van der Waals surface area contributed by atoms with Crippen molar-refractivity contribution in [2.75, 3.05) is 32.9 Å². The first-order valence-corrected chi connectivity index (χ1v) is 8.86. The minimum absolute atomic E-state index is 0.0705. The number of hydrazine groups is 1. The molecule has 0 unspecified atom stereocenters. The second-order valence-corrected chi connectivity index (χ2v) is 6.90. The smallest absolute Gasteiger partial charge is 0.280 e. The van der Waals surface area contributed by atoms with Crippen molar-refractivity contribution in [1.29, 1.82) is 0 Å². The summed E-state index contributed by atoms with van der Waals surface area (Å²) in [5.41, 5.74) is 0.934. The number of benzene rings is 1. The normalized spacial score (nSPS) is 20.7. The Bertz CT molecular complexity index is 667. The highest BCUT2D eigenvalue weighted by molar-refractivity contribution is 8.26. The zero-order valence-electron chi connectivity index (χ0n) is 13.1. The lowest BCUT2D eigenvalue weighted by molar-refractivity contribution is -0.138. The summed E-state index contributed by atoms with van der Waals surface area (Å²) in [6, 6.07) is 7.58. The van der Waals surface area contributed by atoms with Crippen molar-refractivity contribution >= 4 is 40.3 Å². The number of thioether (sulfide) groups is 1. The van der Waals surface area contributed by atoms with Crippen LogP contribution in [0.5, 0.6) is 5.75 Å². The Kier molecular flexibility index (Phi) is 5.68. The van der Waals surface area contributed by atoms with E-state index in [1.165, 1.54) is 11.8 Å². The highest BCUT2D eigenvalue weighted by Gasteiger charge is 2.36. The average molecular weight is 362 g/mol. The van der Waals surface area contributed by atoms with Crippen LogP contribution in [0.2, 0.25) is 0 Å². The number of carbonyl (C=O) groups excluding carboxylic acids is 1. The zero-order valence-corrected chi connectivity index (χ0v) is 14.8. The van der Waals surface area contributed by atoms with Gasteiger partial charge in [0.25, 0.3) is 5.91 Å². The molecule has 2 aliphatic rings. The molecule has 0 aromatic heterocycles. The molecule has 126 valence electrons. The molecular weight excluding hydrogens is 344 g/mol. The maximum absolute atomic E-state index is 12.7. The monoisotopic (exact) mass is 362 g/mol. The molecule has 7 heteroatoms. The lowest BCUT2D eigenvalue weighted by atomic mass is 10.2. The first kappa shape index (κ1) is 17.2. The van der Waals surface area contributed by atoms with E-state index in [1.54, 1.807) is 11.1 Å². The lowest BCUT2D eigenvalue weighted by Gasteiger charge is -2.33. The summed E-state index contributed by atoms with van der Waals surface area (Å²) in [7, 11) is 0. The molecule has 1 amide bonds. The van der Waals surface area contributed by atoms with E-state index in [-0.39, 0.29) is 5.91 Å². The molecule has 5 nitrogen and oxygen atoms in total. The number of nitrogens with zero attached hydrogens (tertiary/aromatic N) is 2. The van der Waals surface area contributed by atoms with Crippen LogP contribution in [0.25, 0.3) is 6.08 Å². The molecule has 0 radical (unpaired) electrons. The fourth-order valence-electron chi connectivity index (χ4n) is 2.42. The van der Waals surface area contributed by atoms with E-state index >= 15 is 0 Å². The number of amides is 1. The maximum Gasteiger partial charge on any atom is 0.280 e. The van der Waals surface area contributed by atoms with Gasteiger partial charge in [0.05, 0.1) is 18.1 Å². The molecule has 3 rings (SSSR count). The number of ether oxygens (including phenoxy) is 2. The fourth-order valence-corrected chi connectivity index (χ4v) is 3.73. The van der Waals surface area contributed by atoms with Crippen LogP contribution in [-0.4, -0.2) is 53.2 Å². The Hall–Kier alpha value is -1.67. The first-order valence-electron chi connectivity index (χ1n) is 7.63. The second-order valence-electron chi connectivity index (χ2n) is 5.23. The molecule has 0 atom stereocenters. The molecule has 24 heavy (non-hydrogen) atoms. The van der Waals surface area contributed by atoms with E-state index in [0.29, 0.717) is 42.1 Å². The van der Waals surface area contributed by atoms with Crippen molar-refractivity contribution < 1.29 is 14.3 Å². The number of thiocarbonyl (C=S) groups is 1. The van der Waals surface area contributed by atoms with Gasteiger partial charge in [0.1, 0.15) is 12.4 Å². The molecule has 0 saturated carbocycles. The van der Waals surface area contributed by atoms with Crippen LogP contribution >= 0.6 is 24.0 Å². The number of hydrogen-bond acceptors (Lipinski definition) is 6. The molecule has 0 bridgehead atoms. The van der Waals surface area contributed by atoms with Crippen LogP contribution in [0.4, 0.5) is 0 Å². The summed E-state index contributed by atoms with van der Waals surface area (Å²) in [5, 5.41) is 3.55. The molecule has 1 aromatic rings. The van der Waals surface area contributed by atoms with Crippen molar-refractivity contribution in [2.45, 2.75) is 0 Å². The van der Waals surface area contributed by atoms with Crippen molar-refractivity contribution in [2.24, 2.45) is 0 Å². The van der Waals surface area contributed by atoms with E-state index in [1.807, 2.05) is 35.4 Å². The van der Waals surface area contributed by atoms with Gasteiger partial charge in [-0.25, -0.2) is 10.0 Å². The topological polar surface area (TPSA) is 42.0 Å². The van der Waals surface area contributed by atoms with E-state index < -0.39 is 0 Å². The SMILES string of the molecule is C=CCOc1ccc(/C=C2/SC(=S)N(N3CCOCC3)C2=O)cc1. The predicted octanol–water partition coefficient (Wildman–Crippen LogP) is 2.70. The predicted molar refractivity (Wildman–Crippen MR) is 99.5 cm³/mol. The number of hydrogen-bond donors (Lipinski definition) is 0. The van der Waals surface area contributed by atoms with Gasteiger partial charge < -0.3 is 9.47 Å². The summed E-state index contributed by atoms with van der Waals surface area (Å²) in [5.74, 6) is 0.701. The van der Waals surface area contributed by atoms with Crippen LogP contribution in [0.3, 0.4) is 0 Å². The highest BCUT2D eigenvalue weighted by atomic mass is 32.2. The molecule has 2 heterocycles. The van der Waals surface area contributed by atoms with E-state index in [0.717, 1.165) is 11.3 Å². The quantitative estimate of drug-likeness (QED) is 0.456. The van der Waals surface area contributed by atoms with Gasteiger partial charge in [-0.2, -0.15) is 0 Å². The summed E-state index contributed by atoms with van der Waals surface area (Å²) < 4.78 is 11.4. The Balaban J connectivity index is 1.72. The van der Waals surface area contributed by atoms with Crippen molar-refractivity contribution in [3.63, 3.8) is 0 Å². The Labute approximate surface area is 150 Å². The van der Waals surface area contributed by atoms with Crippen LogP contribution in [0.1, 0.15) is 5.56 Å². The van der Waals surface area contributed by atoms with E-state index in [2.05, 4.69) is 6.58 Å². The van der Waals surface area contributed by atoms with E-state index in [4.69, 9.17) is 21.7 Å². The summed E-state index contributed by atoms with van der Waals surface area (Å²) in [4.78, 5) is 13.3. The van der Waals surface area contributed by atoms with Gasteiger partial charge in [-0.1, -0.05) is 48.8 Å². The highest BCUT2D eigenvalue weighted by Crippen LogP contribution is 2.34. The van der Waals surface area contributed by atoms with Crippen molar-refractivity contribution in [3.8, 4) is 5.75 Å². The third-order valence-electron chi connectivity index (χ3n) is 3.59. The molecule has 2 saturated heterocycles. The molecule has 2 aliphatic heterocycles. The van der Waals surface area contributed by atoms with Crippen LogP contribution < -0.4 is 4.74 Å². The minimum atomic E-state index is -0.0705. The molecule has 1 aromatic carbocycles. The average Bonchev–Trinajstić information content (AvgIpc) is 2.88. The van der Waals surface area contributed by atoms with Crippen molar-refractivity contribution in [3.05, 3.63) is 47.4 Å². The number of rotatable bonds is 5. The standard InChI is InChI=1S/C17H18N2O3S2/c1-2-9-22-14-5-3-13(4-6-14)12-15-16(20)19(17(23)24-15)18-7-10-21-11-8-18/h2-6,12H,1,7-11H2/b15-12+. The number of carbonyl (C=O) groups is 1. The largest absolute Gasteiger partial charge is 0.490 e. The molecule has 2 fully saturated rings. The number of morpholine rings is 1. The molecule has 0 spiro atoms. The van der Waals surface area contributed by atoms with Crippen LogP contribution in [0, 0.1) is 0 Å². The molecular formula is C17H18N2O3S2. The van der Waals surface area contributed by atoms with Gasteiger partial charge in [-0.15, -0.1) is 0 Å². The zero-order chi connectivity index (χ0) is 16.9. The first-order chi connectivity index (χ1) is 11.7. The van der Waals surface area contributed by atoms with Gasteiger partial charge in [0, 0.05) is 13.1 Å². The van der Waals surface area contributed by atoms with Gasteiger partial charge in [0.15, 0.2) is 4.32 Å². The van der Waals surface area contributed by atoms with Gasteiger partial charge in [0.2, 0.25) is 0 Å². The van der Waals surface area contributed by atoms with Crippen LogP contribution in [-0.2, 0) is 9.53 Å². The Morgan fingerprint density at radius 2 is 2.00 bits per heavy atom. The summed E-state index contributed by atoms with van der Waals surface area (Å²) in [6.07, 6.45) is 3.56. The van der Waals surface area contributed by atoms with E-state index in [9.17, 15) is 4.79 Å². The van der Waals surface area contributed by atoms with Gasteiger partial charge in [-0.05, 0) is 23.8 Å². The third kappa shape index (κ3) is 3.87. The van der Waals surface area contributed by atoms with Gasteiger partial charge >= 0.3 is 0 Å². The summed E-state index contributed by atoms with van der Waals surface area (Å²) in [6.45, 7) is 6.67. The molecule has 0 aliphatic carbocycles. The summed E-state index contributed by atoms with van der Waals surface area (Å²) >= 11 is 6.71. The Morgan fingerprint density at radius 3 is 2.67 bits per heavy atom. The maximum atomic E-state index is 12.7. The van der Waals surface area contributed by atoms with Crippen LogP contribution in [0.15, 0.2) is 41.8 Å². The fraction of sp³-hybridized carbons (Fsp3) is 0.294. The minimum Gasteiger partial charge on any atom is -0.490 e. The van der Waals surface area contributed by atoms with Crippen molar-refractivity contribution in [1.82, 2.24) is 10.0 Å².